The number of carbonyl (C=O) groups is 2. The third-order valence-corrected chi connectivity index (χ3v) is 7.31. The number of fused-ring (bicyclic) bond motifs is 1. The number of pyridine rings is 1. The van der Waals surface area contributed by atoms with Crippen molar-refractivity contribution in [1.82, 2.24) is 34.8 Å². The molecule has 0 aliphatic carbocycles. The predicted molar refractivity (Wildman–Crippen MR) is 152 cm³/mol. The third kappa shape index (κ3) is 5.59. The maximum Gasteiger partial charge on any atom is 0.242 e. The van der Waals surface area contributed by atoms with Gasteiger partial charge in [0, 0.05) is 40.9 Å². The van der Waals surface area contributed by atoms with Crippen LogP contribution in [0, 0.1) is 0 Å². The highest BCUT2D eigenvalue weighted by Crippen LogP contribution is 2.30. The zero-order valence-corrected chi connectivity index (χ0v) is 23.1. The average molecular weight is 600 g/mol. The fourth-order valence-electron chi connectivity index (χ4n) is 4.76. The molecule has 1 saturated heterocycles. The molecule has 202 valence electrons. The van der Waals surface area contributed by atoms with Gasteiger partial charge in [-0.2, -0.15) is 0 Å². The fraction of sp³-hybridized carbons (Fsp3) is 0.207. The number of carbonyl (C=O) groups excluding carboxylic acids is 2. The van der Waals surface area contributed by atoms with E-state index in [4.69, 9.17) is 4.74 Å². The van der Waals surface area contributed by atoms with Crippen LogP contribution in [0.4, 0.5) is 0 Å². The molecule has 0 spiro atoms. The minimum Gasteiger partial charge on any atom is -0.488 e. The number of H-pyrrole nitrogens is 1. The van der Waals surface area contributed by atoms with Crippen LogP contribution in [0.25, 0.3) is 16.7 Å². The van der Waals surface area contributed by atoms with E-state index in [1.54, 1.807) is 26.9 Å². The highest BCUT2D eigenvalue weighted by molar-refractivity contribution is 9.10. The van der Waals surface area contributed by atoms with Crippen LogP contribution in [0.1, 0.15) is 16.8 Å². The van der Waals surface area contributed by atoms with Crippen molar-refractivity contribution in [3.63, 3.8) is 0 Å². The Labute approximate surface area is 238 Å². The number of nitrogens with one attached hydrogen (secondary N) is 1. The summed E-state index contributed by atoms with van der Waals surface area (Å²) >= 11 is 3.37. The smallest absolute Gasteiger partial charge is 0.242 e. The van der Waals surface area contributed by atoms with Crippen LogP contribution in [-0.2, 0) is 29.2 Å². The number of ether oxygens (including phenoxy) is 1. The van der Waals surface area contributed by atoms with Gasteiger partial charge in [0.1, 0.15) is 18.1 Å². The van der Waals surface area contributed by atoms with E-state index in [-0.39, 0.29) is 24.8 Å². The predicted octanol–water partition coefficient (Wildman–Crippen LogP) is 3.90. The Morgan fingerprint density at radius 3 is 2.73 bits per heavy atom. The quantitative estimate of drug-likeness (QED) is 0.290. The summed E-state index contributed by atoms with van der Waals surface area (Å²) in [5.74, 6) is 1.13. The number of piperazine rings is 1. The lowest BCUT2D eigenvalue weighted by Crippen LogP contribution is -2.52. The SMILES string of the molecule is O=C(Cc1c[nH]c2cccc(OCc3ccccc3)c12)N1CCN(Cc2cn(-c3ccc(Br)cn3)nn2)C(=O)C1. The van der Waals surface area contributed by atoms with Gasteiger partial charge in [-0.25, -0.2) is 9.67 Å². The molecule has 0 atom stereocenters. The van der Waals surface area contributed by atoms with Crippen molar-refractivity contribution in [2.24, 2.45) is 0 Å². The topological polar surface area (TPSA) is 109 Å². The number of benzene rings is 2. The van der Waals surface area contributed by atoms with Gasteiger partial charge < -0.3 is 19.5 Å². The molecule has 40 heavy (non-hydrogen) atoms. The van der Waals surface area contributed by atoms with Gasteiger partial charge in [-0.15, -0.1) is 5.10 Å². The summed E-state index contributed by atoms with van der Waals surface area (Å²) in [6, 6.07) is 19.5. The summed E-state index contributed by atoms with van der Waals surface area (Å²) in [6.07, 6.45) is 5.47. The van der Waals surface area contributed by atoms with Crippen molar-refractivity contribution in [3.8, 4) is 11.6 Å². The molecule has 3 aromatic heterocycles. The summed E-state index contributed by atoms with van der Waals surface area (Å²) in [5.41, 5.74) is 3.47. The zero-order chi connectivity index (χ0) is 27.5. The second kappa shape index (κ2) is 11.3. The summed E-state index contributed by atoms with van der Waals surface area (Å²) in [5, 5.41) is 9.21. The zero-order valence-electron chi connectivity index (χ0n) is 21.5. The van der Waals surface area contributed by atoms with E-state index in [0.29, 0.717) is 37.8 Å². The number of rotatable bonds is 8. The van der Waals surface area contributed by atoms with Crippen LogP contribution in [0.15, 0.2) is 83.7 Å². The van der Waals surface area contributed by atoms with Crippen molar-refractivity contribution >= 4 is 38.6 Å². The minimum absolute atomic E-state index is 0.0287. The molecule has 0 unspecified atom stereocenters. The average Bonchev–Trinajstić information content (AvgIpc) is 3.61. The molecular formula is C29H26BrN7O3. The molecule has 1 aliphatic heterocycles. The first kappa shape index (κ1) is 25.8. The van der Waals surface area contributed by atoms with Crippen molar-refractivity contribution in [1.29, 1.82) is 0 Å². The number of aromatic nitrogens is 5. The number of nitrogens with zero attached hydrogens (tertiary/aromatic N) is 6. The molecule has 4 heterocycles. The van der Waals surface area contributed by atoms with Gasteiger partial charge in [-0.1, -0.05) is 41.6 Å². The second-order valence-electron chi connectivity index (χ2n) is 9.56. The van der Waals surface area contributed by atoms with Crippen molar-refractivity contribution < 1.29 is 14.3 Å². The third-order valence-electron chi connectivity index (χ3n) is 6.84. The number of aromatic amines is 1. The van der Waals surface area contributed by atoms with E-state index in [1.165, 1.54) is 0 Å². The Morgan fingerprint density at radius 1 is 1.05 bits per heavy atom. The molecule has 6 rings (SSSR count). The monoisotopic (exact) mass is 599 g/mol. The molecule has 1 aliphatic rings. The summed E-state index contributed by atoms with van der Waals surface area (Å²) in [4.78, 5) is 37.1. The van der Waals surface area contributed by atoms with E-state index in [2.05, 4.69) is 36.2 Å². The molecule has 1 N–H and O–H groups in total. The Balaban J connectivity index is 1.08. The lowest BCUT2D eigenvalue weighted by molar-refractivity contribution is -0.145. The van der Waals surface area contributed by atoms with E-state index >= 15 is 0 Å². The van der Waals surface area contributed by atoms with Crippen LogP contribution < -0.4 is 4.74 Å². The van der Waals surface area contributed by atoms with Gasteiger partial charge in [0.05, 0.1) is 25.7 Å². The standard InChI is InChI=1S/C29H26BrN7O3/c30-22-9-10-26(32-15-22)37-17-23(33-34-37)16-35-11-12-36(18-28(35)39)27(38)13-21-14-31-24-7-4-8-25(29(21)24)40-19-20-5-2-1-3-6-20/h1-10,14-15,17,31H,11-13,16,18-19H2. The van der Waals surface area contributed by atoms with Crippen LogP contribution in [0.5, 0.6) is 5.75 Å². The highest BCUT2D eigenvalue weighted by Gasteiger charge is 2.28. The highest BCUT2D eigenvalue weighted by atomic mass is 79.9. The van der Waals surface area contributed by atoms with Gasteiger partial charge in [0.15, 0.2) is 5.82 Å². The molecule has 0 bridgehead atoms. The number of halogens is 1. The lowest BCUT2D eigenvalue weighted by atomic mass is 10.1. The normalized spacial score (nSPS) is 13.7. The first-order valence-corrected chi connectivity index (χ1v) is 13.7. The molecular weight excluding hydrogens is 574 g/mol. The minimum atomic E-state index is -0.123. The van der Waals surface area contributed by atoms with Crippen LogP contribution in [0.3, 0.4) is 0 Å². The molecule has 5 aromatic rings. The first-order valence-electron chi connectivity index (χ1n) is 12.9. The molecule has 1 fully saturated rings. The Bertz CT molecular complexity index is 1650. The molecule has 2 amide bonds. The Morgan fingerprint density at radius 2 is 1.93 bits per heavy atom. The number of amides is 2. The van der Waals surface area contributed by atoms with E-state index in [0.717, 1.165) is 32.3 Å². The largest absolute Gasteiger partial charge is 0.488 e. The molecule has 0 saturated carbocycles. The second-order valence-corrected chi connectivity index (χ2v) is 10.5. The van der Waals surface area contributed by atoms with Crippen molar-refractivity contribution in [3.05, 3.63) is 101 Å². The van der Waals surface area contributed by atoms with Gasteiger partial charge in [0.2, 0.25) is 11.8 Å². The fourth-order valence-corrected chi connectivity index (χ4v) is 4.99. The maximum atomic E-state index is 13.3. The first-order chi connectivity index (χ1) is 19.5. The van der Waals surface area contributed by atoms with E-state index < -0.39 is 0 Å². The molecule has 10 nitrogen and oxygen atoms in total. The molecule has 0 radical (unpaired) electrons. The van der Waals surface area contributed by atoms with Crippen LogP contribution in [-0.4, -0.2) is 66.2 Å². The summed E-state index contributed by atoms with van der Waals surface area (Å²) < 4.78 is 8.58. The maximum absolute atomic E-state index is 13.3. The van der Waals surface area contributed by atoms with Gasteiger partial charge in [0.25, 0.3) is 0 Å². The van der Waals surface area contributed by atoms with Crippen LogP contribution in [0.2, 0.25) is 0 Å². The van der Waals surface area contributed by atoms with Crippen LogP contribution >= 0.6 is 15.9 Å². The van der Waals surface area contributed by atoms with Gasteiger partial charge in [-0.3, -0.25) is 9.59 Å². The van der Waals surface area contributed by atoms with Crippen molar-refractivity contribution in [2.45, 2.75) is 19.6 Å². The van der Waals surface area contributed by atoms with Gasteiger partial charge >= 0.3 is 0 Å². The number of hydrogen-bond acceptors (Lipinski definition) is 6. The molecule has 2 aromatic carbocycles. The summed E-state index contributed by atoms with van der Waals surface area (Å²) in [6.45, 7) is 1.66. The molecule has 11 heteroatoms. The van der Waals surface area contributed by atoms with E-state index in [9.17, 15) is 9.59 Å². The number of hydrogen-bond donors (Lipinski definition) is 1. The van der Waals surface area contributed by atoms with Crippen molar-refractivity contribution in [2.75, 3.05) is 19.6 Å². The van der Waals surface area contributed by atoms with E-state index in [1.807, 2.05) is 66.9 Å². The Hall–Kier alpha value is -4.51. The van der Waals surface area contributed by atoms with Gasteiger partial charge in [-0.05, 0) is 51.3 Å². The lowest BCUT2D eigenvalue weighted by Gasteiger charge is -2.34. The Kier molecular flexibility index (Phi) is 7.28. The summed E-state index contributed by atoms with van der Waals surface area (Å²) in [7, 11) is 0.